The fourth-order valence-corrected chi connectivity index (χ4v) is 2.94. The molecule has 2 heterocycles. The van der Waals surface area contributed by atoms with Gasteiger partial charge in [-0.3, -0.25) is 4.79 Å². The summed E-state index contributed by atoms with van der Waals surface area (Å²) in [7, 11) is 0. The maximum atomic E-state index is 14.5. The smallest absolute Gasteiger partial charge is 0.323 e. The lowest BCUT2D eigenvalue weighted by molar-refractivity contribution is -0.129. The van der Waals surface area contributed by atoms with Crippen molar-refractivity contribution < 1.29 is 17.9 Å². The molecule has 0 unspecified atom stereocenters. The Morgan fingerprint density at radius 3 is 2.61 bits per heavy atom. The summed E-state index contributed by atoms with van der Waals surface area (Å²) in [6.45, 7) is -2.38. The molecule has 3 rings (SSSR count). The van der Waals surface area contributed by atoms with Crippen LogP contribution in [0.25, 0.3) is 22.2 Å². The summed E-state index contributed by atoms with van der Waals surface area (Å²) in [5, 5.41) is 1.16. The van der Waals surface area contributed by atoms with E-state index in [-0.39, 0.29) is 28.9 Å². The number of hydrogen-bond acceptors (Lipinski definition) is 4. The van der Waals surface area contributed by atoms with E-state index in [0.717, 1.165) is 0 Å². The SMILES string of the molecule is O=c1c2cc(F)c(-c3ncc(Cl)cn3)cc2ccn1CCCCCOC(F)F. The van der Waals surface area contributed by atoms with Crippen molar-refractivity contribution in [2.75, 3.05) is 6.61 Å². The summed E-state index contributed by atoms with van der Waals surface area (Å²) >= 11 is 5.75. The number of unbranched alkanes of at least 4 members (excludes halogenated alkanes) is 2. The van der Waals surface area contributed by atoms with Crippen LogP contribution in [0, 0.1) is 5.82 Å². The molecular formula is C19H17ClF3N3O2. The highest BCUT2D eigenvalue weighted by Gasteiger charge is 2.12. The molecule has 0 radical (unpaired) electrons. The lowest BCUT2D eigenvalue weighted by Gasteiger charge is -2.09. The van der Waals surface area contributed by atoms with E-state index in [9.17, 15) is 18.0 Å². The molecule has 0 saturated carbocycles. The van der Waals surface area contributed by atoms with Gasteiger partial charge >= 0.3 is 6.61 Å². The van der Waals surface area contributed by atoms with Crippen LogP contribution >= 0.6 is 11.6 Å². The third-order valence-electron chi connectivity index (χ3n) is 4.21. The quantitative estimate of drug-likeness (QED) is 0.506. The molecule has 0 saturated heterocycles. The standard InChI is InChI=1S/C19H17ClF3N3O2/c20-13-10-24-17(25-11-13)15-8-12-4-6-26(18(27)14(12)9-16(15)21)5-2-1-3-7-28-19(22)23/h4,6,8-11,19H,1-3,5,7H2. The Morgan fingerprint density at radius 2 is 1.89 bits per heavy atom. The van der Waals surface area contributed by atoms with E-state index in [0.29, 0.717) is 36.2 Å². The van der Waals surface area contributed by atoms with E-state index in [2.05, 4.69) is 14.7 Å². The molecule has 0 amide bonds. The molecule has 3 aromatic rings. The Morgan fingerprint density at radius 1 is 1.14 bits per heavy atom. The first-order valence-electron chi connectivity index (χ1n) is 8.66. The van der Waals surface area contributed by atoms with Crippen molar-refractivity contribution in [2.45, 2.75) is 32.4 Å². The Labute approximate surface area is 163 Å². The molecular weight excluding hydrogens is 395 g/mol. The number of aryl methyl sites for hydroxylation is 1. The van der Waals surface area contributed by atoms with E-state index in [4.69, 9.17) is 11.6 Å². The molecule has 2 aromatic heterocycles. The zero-order valence-corrected chi connectivity index (χ0v) is 15.5. The van der Waals surface area contributed by atoms with Crippen LogP contribution in [-0.2, 0) is 11.3 Å². The van der Waals surface area contributed by atoms with Gasteiger partial charge in [-0.1, -0.05) is 11.6 Å². The molecule has 0 spiro atoms. The number of halogens is 4. The minimum absolute atomic E-state index is 0.0228. The van der Waals surface area contributed by atoms with Crippen molar-refractivity contribution >= 4 is 22.4 Å². The number of ether oxygens (including phenoxy) is 1. The maximum Gasteiger partial charge on any atom is 0.345 e. The molecule has 28 heavy (non-hydrogen) atoms. The maximum absolute atomic E-state index is 14.5. The van der Waals surface area contributed by atoms with E-state index in [1.54, 1.807) is 12.3 Å². The van der Waals surface area contributed by atoms with Crippen LogP contribution in [0.15, 0.2) is 41.6 Å². The van der Waals surface area contributed by atoms with Crippen LogP contribution in [-0.4, -0.2) is 27.8 Å². The highest BCUT2D eigenvalue weighted by atomic mass is 35.5. The van der Waals surface area contributed by atoms with Crippen molar-refractivity contribution in [3.63, 3.8) is 0 Å². The highest BCUT2D eigenvalue weighted by molar-refractivity contribution is 6.30. The van der Waals surface area contributed by atoms with Crippen LogP contribution < -0.4 is 5.56 Å². The van der Waals surface area contributed by atoms with Crippen LogP contribution in [0.4, 0.5) is 13.2 Å². The molecule has 5 nitrogen and oxygen atoms in total. The predicted molar refractivity (Wildman–Crippen MR) is 100 cm³/mol. The Bertz CT molecular complexity index is 1010. The fourth-order valence-electron chi connectivity index (χ4n) is 2.84. The summed E-state index contributed by atoms with van der Waals surface area (Å²) in [5.74, 6) is -0.423. The first kappa shape index (κ1) is 20.3. The van der Waals surface area contributed by atoms with Crippen LogP contribution in [0.2, 0.25) is 5.02 Å². The van der Waals surface area contributed by atoms with Gasteiger partial charge in [0, 0.05) is 25.1 Å². The van der Waals surface area contributed by atoms with Gasteiger partial charge in [-0.15, -0.1) is 0 Å². The molecule has 148 valence electrons. The summed E-state index contributed by atoms with van der Waals surface area (Å²) in [4.78, 5) is 20.6. The summed E-state index contributed by atoms with van der Waals surface area (Å²) in [6.07, 6.45) is 6.11. The number of rotatable bonds is 8. The summed E-state index contributed by atoms with van der Waals surface area (Å²) < 4.78 is 44.0. The molecule has 0 aliphatic carbocycles. The Hall–Kier alpha value is -2.45. The van der Waals surface area contributed by atoms with Gasteiger partial charge in [-0.2, -0.15) is 8.78 Å². The second-order valence-corrected chi connectivity index (χ2v) is 6.59. The van der Waals surface area contributed by atoms with Crippen molar-refractivity contribution in [1.82, 2.24) is 14.5 Å². The molecule has 1 aromatic carbocycles. The second-order valence-electron chi connectivity index (χ2n) is 6.15. The zero-order chi connectivity index (χ0) is 20.1. The minimum Gasteiger partial charge on any atom is -0.323 e. The lowest BCUT2D eigenvalue weighted by atomic mass is 10.1. The number of pyridine rings is 1. The minimum atomic E-state index is -2.76. The van der Waals surface area contributed by atoms with Gasteiger partial charge in [0.1, 0.15) is 5.82 Å². The van der Waals surface area contributed by atoms with Crippen molar-refractivity contribution in [3.8, 4) is 11.4 Å². The van der Waals surface area contributed by atoms with Gasteiger partial charge in [-0.25, -0.2) is 14.4 Å². The average molecular weight is 412 g/mol. The molecule has 0 atom stereocenters. The normalized spacial score (nSPS) is 11.5. The van der Waals surface area contributed by atoms with Gasteiger partial charge in [0.25, 0.3) is 5.56 Å². The lowest BCUT2D eigenvalue weighted by Crippen LogP contribution is -2.19. The largest absolute Gasteiger partial charge is 0.345 e. The highest BCUT2D eigenvalue weighted by Crippen LogP contribution is 2.24. The van der Waals surface area contributed by atoms with Gasteiger partial charge < -0.3 is 9.30 Å². The van der Waals surface area contributed by atoms with Crippen LogP contribution in [0.1, 0.15) is 19.3 Å². The number of nitrogens with zero attached hydrogens (tertiary/aromatic N) is 3. The molecule has 0 bridgehead atoms. The summed E-state index contributed by atoms with van der Waals surface area (Å²) in [6, 6.07) is 4.43. The third kappa shape index (κ3) is 4.88. The molecule has 9 heteroatoms. The van der Waals surface area contributed by atoms with E-state index in [1.165, 1.54) is 29.1 Å². The first-order chi connectivity index (χ1) is 13.5. The van der Waals surface area contributed by atoms with E-state index >= 15 is 0 Å². The first-order valence-corrected chi connectivity index (χ1v) is 9.04. The molecule has 0 aliphatic heterocycles. The zero-order valence-electron chi connectivity index (χ0n) is 14.7. The molecule has 0 N–H and O–H groups in total. The summed E-state index contributed by atoms with van der Waals surface area (Å²) in [5.41, 5.74) is -0.135. The van der Waals surface area contributed by atoms with Gasteiger partial charge in [0.2, 0.25) is 0 Å². The number of aromatic nitrogens is 3. The fraction of sp³-hybridized carbons (Fsp3) is 0.316. The average Bonchev–Trinajstić information content (AvgIpc) is 2.67. The molecule has 0 aliphatic rings. The Kier molecular flexibility index (Phi) is 6.64. The Balaban J connectivity index is 1.76. The van der Waals surface area contributed by atoms with E-state index in [1.807, 2.05) is 0 Å². The molecule has 0 fully saturated rings. The van der Waals surface area contributed by atoms with Gasteiger partial charge in [0.15, 0.2) is 5.82 Å². The monoisotopic (exact) mass is 411 g/mol. The number of benzene rings is 1. The van der Waals surface area contributed by atoms with Crippen molar-refractivity contribution in [3.05, 3.63) is 58.0 Å². The van der Waals surface area contributed by atoms with E-state index < -0.39 is 12.4 Å². The second kappa shape index (κ2) is 9.16. The topological polar surface area (TPSA) is 57.0 Å². The van der Waals surface area contributed by atoms with Crippen molar-refractivity contribution in [2.24, 2.45) is 0 Å². The van der Waals surface area contributed by atoms with Crippen LogP contribution in [0.3, 0.4) is 0 Å². The van der Waals surface area contributed by atoms with Crippen molar-refractivity contribution in [1.29, 1.82) is 0 Å². The number of hydrogen-bond donors (Lipinski definition) is 0. The van der Waals surface area contributed by atoms with Gasteiger partial charge in [0.05, 0.1) is 22.6 Å². The van der Waals surface area contributed by atoms with Crippen LogP contribution in [0.5, 0.6) is 0 Å². The predicted octanol–water partition coefficient (Wildman–Crippen LogP) is 4.66. The number of alkyl halides is 2. The number of fused-ring (bicyclic) bond motifs is 1. The third-order valence-corrected chi connectivity index (χ3v) is 4.41. The van der Waals surface area contributed by atoms with Gasteiger partial charge in [-0.05, 0) is 42.8 Å².